The summed E-state index contributed by atoms with van der Waals surface area (Å²) in [7, 11) is 0. The molecule has 6 heteroatoms. The van der Waals surface area contributed by atoms with Gasteiger partial charge in [0.1, 0.15) is 5.82 Å². The first-order valence-corrected chi connectivity index (χ1v) is 9.61. The van der Waals surface area contributed by atoms with Crippen LogP contribution in [0.1, 0.15) is 35.8 Å². The zero-order valence-electron chi connectivity index (χ0n) is 16.2. The van der Waals surface area contributed by atoms with Gasteiger partial charge in [0, 0.05) is 24.2 Å². The van der Waals surface area contributed by atoms with Crippen LogP contribution in [0.4, 0.5) is 11.5 Å². The van der Waals surface area contributed by atoms with Crippen molar-refractivity contribution in [2.24, 2.45) is 0 Å². The van der Waals surface area contributed by atoms with Crippen LogP contribution in [0.3, 0.4) is 0 Å². The number of morpholine rings is 1. The molecule has 0 unspecified atom stereocenters. The minimum atomic E-state index is -0.174. The minimum absolute atomic E-state index is 0.174. The van der Waals surface area contributed by atoms with E-state index >= 15 is 0 Å². The van der Waals surface area contributed by atoms with Gasteiger partial charge in [-0.25, -0.2) is 4.98 Å². The Morgan fingerprint density at radius 1 is 1.14 bits per heavy atom. The number of pyridine rings is 2. The number of nitrogens with one attached hydrogen (secondary N) is 1. The van der Waals surface area contributed by atoms with E-state index in [0.29, 0.717) is 11.4 Å². The first-order valence-electron chi connectivity index (χ1n) is 9.61. The summed E-state index contributed by atoms with van der Waals surface area (Å²) in [6.07, 6.45) is 1.80. The van der Waals surface area contributed by atoms with Gasteiger partial charge in [-0.3, -0.25) is 9.78 Å². The molecular weight excluding hydrogens is 352 g/mol. The number of anilines is 2. The predicted octanol–water partition coefficient (Wildman–Crippen LogP) is 3.84. The lowest BCUT2D eigenvalue weighted by atomic mass is 10.0. The Labute approximate surface area is 164 Å². The summed E-state index contributed by atoms with van der Waals surface area (Å²) in [5.41, 5.74) is 3.39. The van der Waals surface area contributed by atoms with Crippen LogP contribution in [0.15, 0.2) is 48.7 Å². The molecule has 6 nitrogen and oxygen atoms in total. The Morgan fingerprint density at radius 2 is 1.93 bits per heavy atom. The van der Waals surface area contributed by atoms with Gasteiger partial charge < -0.3 is 15.0 Å². The van der Waals surface area contributed by atoms with Crippen molar-refractivity contribution in [1.29, 1.82) is 0 Å². The number of hydrogen-bond acceptors (Lipinski definition) is 5. The highest BCUT2D eigenvalue weighted by Crippen LogP contribution is 2.23. The molecule has 3 aromatic rings. The molecule has 1 fully saturated rings. The van der Waals surface area contributed by atoms with Gasteiger partial charge in [0.05, 0.1) is 36.2 Å². The van der Waals surface area contributed by atoms with Crippen LogP contribution in [0, 0.1) is 0 Å². The van der Waals surface area contributed by atoms with E-state index in [0.717, 1.165) is 48.6 Å². The van der Waals surface area contributed by atoms with Crippen LogP contribution >= 0.6 is 0 Å². The monoisotopic (exact) mass is 376 g/mol. The van der Waals surface area contributed by atoms with Crippen molar-refractivity contribution in [3.63, 3.8) is 0 Å². The highest BCUT2D eigenvalue weighted by Gasteiger charge is 2.16. The van der Waals surface area contributed by atoms with Gasteiger partial charge in [0.2, 0.25) is 0 Å². The smallest absolute Gasteiger partial charge is 0.257 e. The van der Waals surface area contributed by atoms with Gasteiger partial charge in [-0.05, 0) is 30.2 Å². The summed E-state index contributed by atoms with van der Waals surface area (Å²) in [6.45, 7) is 7.32. The molecule has 3 heterocycles. The minimum Gasteiger partial charge on any atom is -0.378 e. The van der Waals surface area contributed by atoms with Gasteiger partial charge in [-0.1, -0.05) is 32.0 Å². The fourth-order valence-electron chi connectivity index (χ4n) is 3.33. The molecule has 0 atom stereocenters. The van der Waals surface area contributed by atoms with Crippen LogP contribution in [-0.4, -0.2) is 42.2 Å². The van der Waals surface area contributed by atoms with Crippen LogP contribution in [0.2, 0.25) is 0 Å². The van der Waals surface area contributed by atoms with E-state index < -0.39 is 0 Å². The highest BCUT2D eigenvalue weighted by molar-refractivity contribution is 6.12. The fraction of sp³-hybridized carbons (Fsp3) is 0.318. The average molecular weight is 376 g/mol. The Balaban J connectivity index is 1.58. The Bertz CT molecular complexity index is 979. The molecule has 1 N–H and O–H groups in total. The summed E-state index contributed by atoms with van der Waals surface area (Å²) in [5.74, 6) is 0.600. The maximum atomic E-state index is 13.0. The van der Waals surface area contributed by atoms with Crippen LogP contribution < -0.4 is 10.2 Å². The molecule has 1 saturated heterocycles. The summed E-state index contributed by atoms with van der Waals surface area (Å²) in [5, 5.41) is 3.77. The summed E-state index contributed by atoms with van der Waals surface area (Å²) in [4.78, 5) is 24.3. The van der Waals surface area contributed by atoms with Crippen LogP contribution in [0.5, 0.6) is 0 Å². The second-order valence-electron chi connectivity index (χ2n) is 7.22. The van der Waals surface area contributed by atoms with Crippen molar-refractivity contribution in [2.45, 2.75) is 19.8 Å². The van der Waals surface area contributed by atoms with E-state index in [1.807, 2.05) is 42.5 Å². The zero-order chi connectivity index (χ0) is 19.5. The first kappa shape index (κ1) is 18.4. The van der Waals surface area contributed by atoms with E-state index in [9.17, 15) is 4.79 Å². The van der Waals surface area contributed by atoms with Crippen molar-refractivity contribution in [1.82, 2.24) is 9.97 Å². The van der Waals surface area contributed by atoms with E-state index in [1.54, 1.807) is 6.20 Å². The number of hydrogen-bond donors (Lipinski definition) is 1. The molecular formula is C22H24N4O2. The summed E-state index contributed by atoms with van der Waals surface area (Å²) < 4.78 is 5.38. The number of amides is 1. The van der Waals surface area contributed by atoms with Crippen molar-refractivity contribution in [3.8, 4) is 0 Å². The number of carbonyl (C=O) groups is 1. The van der Waals surface area contributed by atoms with E-state index in [1.165, 1.54) is 0 Å². The summed E-state index contributed by atoms with van der Waals surface area (Å²) in [6, 6.07) is 13.4. The molecule has 1 aromatic carbocycles. The molecule has 28 heavy (non-hydrogen) atoms. The van der Waals surface area contributed by atoms with E-state index in [2.05, 4.69) is 34.0 Å². The molecule has 0 saturated carbocycles. The lowest BCUT2D eigenvalue weighted by Crippen LogP contribution is -2.36. The lowest BCUT2D eigenvalue weighted by Gasteiger charge is -2.28. The molecule has 0 radical (unpaired) electrons. The fourth-order valence-corrected chi connectivity index (χ4v) is 3.33. The first-order chi connectivity index (χ1) is 13.6. The van der Waals surface area contributed by atoms with Crippen molar-refractivity contribution in [2.75, 3.05) is 36.5 Å². The van der Waals surface area contributed by atoms with Gasteiger partial charge in [-0.2, -0.15) is 0 Å². The van der Waals surface area contributed by atoms with Gasteiger partial charge in [0.15, 0.2) is 0 Å². The average Bonchev–Trinajstić information content (AvgIpc) is 2.74. The summed E-state index contributed by atoms with van der Waals surface area (Å²) >= 11 is 0. The molecule has 2 aromatic heterocycles. The standard InChI is InChI=1S/C22H24N4O2/c1-15(2)20-13-18(17-5-3-4-6-19(17)24-20)22(27)25-21-8-7-16(14-23-21)26-9-11-28-12-10-26/h3-8,13-15H,9-12H2,1-2H3,(H,23,25,27). The lowest BCUT2D eigenvalue weighted by molar-refractivity contribution is 0.102. The maximum absolute atomic E-state index is 13.0. The molecule has 0 aliphatic carbocycles. The van der Waals surface area contributed by atoms with E-state index in [4.69, 9.17) is 4.74 Å². The Hall–Kier alpha value is -2.99. The molecule has 1 aliphatic rings. The van der Waals surface area contributed by atoms with E-state index in [-0.39, 0.29) is 11.8 Å². The normalized spacial score (nSPS) is 14.5. The molecule has 0 bridgehead atoms. The number of para-hydroxylation sites is 1. The number of ether oxygens (including phenoxy) is 1. The van der Waals surface area contributed by atoms with Gasteiger partial charge in [-0.15, -0.1) is 0 Å². The quantitative estimate of drug-likeness (QED) is 0.749. The Morgan fingerprint density at radius 3 is 2.64 bits per heavy atom. The van der Waals surface area contributed by atoms with Crippen molar-refractivity contribution < 1.29 is 9.53 Å². The predicted molar refractivity (Wildman–Crippen MR) is 111 cm³/mol. The largest absolute Gasteiger partial charge is 0.378 e. The van der Waals surface area contributed by atoms with Crippen molar-refractivity contribution in [3.05, 3.63) is 59.9 Å². The number of benzene rings is 1. The maximum Gasteiger partial charge on any atom is 0.257 e. The van der Waals surface area contributed by atoms with Crippen molar-refractivity contribution >= 4 is 28.3 Å². The second kappa shape index (κ2) is 7.94. The number of aromatic nitrogens is 2. The molecule has 1 amide bonds. The highest BCUT2D eigenvalue weighted by atomic mass is 16.5. The SMILES string of the molecule is CC(C)c1cc(C(=O)Nc2ccc(N3CCOCC3)cn2)c2ccccc2n1. The topological polar surface area (TPSA) is 67.4 Å². The number of nitrogens with zero attached hydrogens (tertiary/aromatic N) is 3. The van der Waals surface area contributed by atoms with Crippen LogP contribution in [0.25, 0.3) is 10.9 Å². The molecule has 1 aliphatic heterocycles. The third kappa shape index (κ3) is 3.82. The van der Waals surface area contributed by atoms with Gasteiger partial charge in [0.25, 0.3) is 5.91 Å². The van der Waals surface area contributed by atoms with Gasteiger partial charge >= 0.3 is 0 Å². The second-order valence-corrected chi connectivity index (χ2v) is 7.22. The third-order valence-corrected chi connectivity index (χ3v) is 4.94. The zero-order valence-corrected chi connectivity index (χ0v) is 16.2. The van der Waals surface area contributed by atoms with Crippen LogP contribution in [-0.2, 0) is 4.74 Å². The third-order valence-electron chi connectivity index (χ3n) is 4.94. The Kier molecular flexibility index (Phi) is 5.21. The number of carbonyl (C=O) groups excluding carboxylic acids is 1. The molecule has 4 rings (SSSR count). The number of fused-ring (bicyclic) bond motifs is 1. The molecule has 0 spiro atoms. The molecule has 144 valence electrons. The number of rotatable bonds is 4.